The maximum Gasteiger partial charge on any atom is 0.126 e. The molecule has 1 atom stereocenters. The van der Waals surface area contributed by atoms with Crippen LogP contribution < -0.4 is 5.73 Å². The predicted octanol–water partition coefficient (Wildman–Crippen LogP) is 2.83. The van der Waals surface area contributed by atoms with Crippen molar-refractivity contribution in [3.05, 3.63) is 51.7 Å². The smallest absolute Gasteiger partial charge is 0.126 e. The Morgan fingerprint density at radius 1 is 1.44 bits per heavy atom. The molecular weight excluding hydrogens is 223 g/mol. The number of benzene rings is 1. The van der Waals surface area contributed by atoms with E-state index in [0.717, 1.165) is 9.88 Å². The van der Waals surface area contributed by atoms with E-state index in [2.05, 4.69) is 4.98 Å². The van der Waals surface area contributed by atoms with Gasteiger partial charge in [0.15, 0.2) is 0 Å². The molecule has 0 aliphatic carbocycles. The Labute approximate surface area is 97.9 Å². The number of rotatable bonds is 3. The quantitative estimate of drug-likeness (QED) is 0.890. The number of aromatic nitrogens is 1. The lowest BCUT2D eigenvalue weighted by molar-refractivity contribution is 0.595. The van der Waals surface area contributed by atoms with Crippen LogP contribution in [0.2, 0.25) is 0 Å². The molecule has 0 aliphatic heterocycles. The highest BCUT2D eigenvalue weighted by atomic mass is 32.1. The lowest BCUT2D eigenvalue weighted by Gasteiger charge is -2.09. The van der Waals surface area contributed by atoms with Crippen LogP contribution in [0.25, 0.3) is 0 Å². The van der Waals surface area contributed by atoms with Crippen LogP contribution in [0.3, 0.4) is 0 Å². The largest absolute Gasteiger partial charge is 0.323 e. The van der Waals surface area contributed by atoms with E-state index in [9.17, 15) is 4.39 Å². The van der Waals surface area contributed by atoms with E-state index >= 15 is 0 Å². The molecule has 0 saturated carbocycles. The number of hydrogen-bond donors (Lipinski definition) is 1. The van der Waals surface area contributed by atoms with Gasteiger partial charge in [-0.2, -0.15) is 0 Å². The summed E-state index contributed by atoms with van der Waals surface area (Å²) in [7, 11) is 0. The lowest BCUT2D eigenvalue weighted by atomic mass is 10.1. The Balaban J connectivity index is 2.13. The first-order chi connectivity index (χ1) is 7.66. The lowest BCUT2D eigenvalue weighted by Crippen LogP contribution is -2.12. The van der Waals surface area contributed by atoms with Crippen molar-refractivity contribution in [1.29, 1.82) is 0 Å². The van der Waals surface area contributed by atoms with Gasteiger partial charge in [0.1, 0.15) is 5.82 Å². The highest BCUT2D eigenvalue weighted by Crippen LogP contribution is 2.22. The summed E-state index contributed by atoms with van der Waals surface area (Å²) in [6.07, 6.45) is 2.28. The van der Waals surface area contributed by atoms with Crippen molar-refractivity contribution in [2.45, 2.75) is 19.4 Å². The highest BCUT2D eigenvalue weighted by molar-refractivity contribution is 7.11. The van der Waals surface area contributed by atoms with Crippen molar-refractivity contribution >= 4 is 11.3 Å². The van der Waals surface area contributed by atoms with Crippen LogP contribution in [0.15, 0.2) is 30.5 Å². The summed E-state index contributed by atoms with van der Waals surface area (Å²) in [4.78, 5) is 5.15. The molecule has 0 spiro atoms. The summed E-state index contributed by atoms with van der Waals surface area (Å²) in [5, 5.41) is 0.985. The molecule has 0 saturated heterocycles. The molecule has 1 unspecified atom stereocenters. The van der Waals surface area contributed by atoms with Gasteiger partial charge in [-0.15, -0.1) is 11.3 Å². The first-order valence-electron chi connectivity index (χ1n) is 5.08. The first-order valence-corrected chi connectivity index (χ1v) is 5.90. The molecule has 0 aliphatic rings. The third-order valence-corrected chi connectivity index (χ3v) is 3.45. The number of thiazole rings is 1. The van der Waals surface area contributed by atoms with Crippen LogP contribution in [0.4, 0.5) is 4.39 Å². The molecule has 0 amide bonds. The molecule has 84 valence electrons. The van der Waals surface area contributed by atoms with E-state index in [1.165, 1.54) is 6.07 Å². The van der Waals surface area contributed by atoms with Crippen molar-refractivity contribution in [2.75, 3.05) is 0 Å². The maximum atomic E-state index is 13.4. The molecule has 16 heavy (non-hydrogen) atoms. The molecule has 0 radical (unpaired) electrons. The van der Waals surface area contributed by atoms with E-state index in [1.54, 1.807) is 29.7 Å². The van der Waals surface area contributed by atoms with Crippen LogP contribution in [-0.2, 0) is 6.42 Å². The van der Waals surface area contributed by atoms with Gasteiger partial charge < -0.3 is 5.73 Å². The van der Waals surface area contributed by atoms with Gasteiger partial charge in [0.05, 0.1) is 5.01 Å². The predicted molar refractivity (Wildman–Crippen MR) is 63.9 cm³/mol. The summed E-state index contributed by atoms with van der Waals surface area (Å²) < 4.78 is 13.4. The summed E-state index contributed by atoms with van der Waals surface area (Å²) in [5.74, 6) is -0.195. The second kappa shape index (κ2) is 4.72. The van der Waals surface area contributed by atoms with Crippen molar-refractivity contribution in [3.8, 4) is 0 Å². The van der Waals surface area contributed by atoms with Gasteiger partial charge in [-0.3, -0.25) is 0 Å². The molecular formula is C12H13FN2S. The standard InChI is InChI=1S/C12H13FN2S/c1-8-15-7-12(16-8)11(14)6-9-4-2-3-5-10(9)13/h2-5,7,11H,6,14H2,1H3. The van der Waals surface area contributed by atoms with Crippen LogP contribution in [0.1, 0.15) is 21.5 Å². The van der Waals surface area contributed by atoms with Crippen LogP contribution in [0, 0.1) is 12.7 Å². The molecule has 0 bridgehead atoms. The van der Waals surface area contributed by atoms with Gasteiger partial charge in [0, 0.05) is 17.1 Å². The summed E-state index contributed by atoms with van der Waals surface area (Å²) in [6, 6.07) is 6.55. The second-order valence-corrected chi connectivity index (χ2v) is 4.95. The van der Waals surface area contributed by atoms with E-state index in [-0.39, 0.29) is 11.9 Å². The fraction of sp³-hybridized carbons (Fsp3) is 0.250. The van der Waals surface area contributed by atoms with E-state index in [4.69, 9.17) is 5.73 Å². The minimum absolute atomic E-state index is 0.178. The maximum absolute atomic E-state index is 13.4. The Hall–Kier alpha value is -1.26. The average molecular weight is 236 g/mol. The number of nitrogens with two attached hydrogens (primary N) is 1. The normalized spacial score (nSPS) is 12.7. The number of hydrogen-bond acceptors (Lipinski definition) is 3. The van der Waals surface area contributed by atoms with Crippen molar-refractivity contribution in [3.63, 3.8) is 0 Å². The van der Waals surface area contributed by atoms with Gasteiger partial charge in [-0.1, -0.05) is 18.2 Å². The second-order valence-electron chi connectivity index (χ2n) is 3.68. The zero-order valence-electron chi connectivity index (χ0n) is 8.98. The summed E-state index contributed by atoms with van der Waals surface area (Å²) in [5.41, 5.74) is 6.67. The SMILES string of the molecule is Cc1ncc(C(N)Cc2ccccc2F)s1. The fourth-order valence-electron chi connectivity index (χ4n) is 1.55. The Morgan fingerprint density at radius 2 is 2.19 bits per heavy atom. The number of halogens is 1. The molecule has 2 rings (SSSR count). The first kappa shape index (κ1) is 11.2. The molecule has 4 heteroatoms. The average Bonchev–Trinajstić information content (AvgIpc) is 2.68. The molecule has 1 heterocycles. The molecule has 0 fully saturated rings. The van der Waals surface area contributed by atoms with Gasteiger partial charge in [-0.05, 0) is 25.0 Å². The van der Waals surface area contributed by atoms with E-state index in [0.29, 0.717) is 12.0 Å². The number of aryl methyl sites for hydroxylation is 1. The van der Waals surface area contributed by atoms with Crippen LogP contribution in [0.5, 0.6) is 0 Å². The fourth-order valence-corrected chi connectivity index (χ4v) is 2.34. The van der Waals surface area contributed by atoms with Crippen LogP contribution >= 0.6 is 11.3 Å². The minimum atomic E-state index is -0.195. The monoisotopic (exact) mass is 236 g/mol. The van der Waals surface area contributed by atoms with Crippen molar-refractivity contribution in [1.82, 2.24) is 4.98 Å². The Bertz CT molecular complexity index is 481. The van der Waals surface area contributed by atoms with Crippen molar-refractivity contribution in [2.24, 2.45) is 5.73 Å². The summed E-state index contributed by atoms with van der Waals surface area (Å²) in [6.45, 7) is 1.93. The van der Waals surface area contributed by atoms with E-state index < -0.39 is 0 Å². The molecule has 1 aromatic heterocycles. The number of nitrogens with zero attached hydrogens (tertiary/aromatic N) is 1. The van der Waals surface area contributed by atoms with Gasteiger partial charge in [-0.25, -0.2) is 9.37 Å². The van der Waals surface area contributed by atoms with Gasteiger partial charge in [0.2, 0.25) is 0 Å². The van der Waals surface area contributed by atoms with Gasteiger partial charge in [0.25, 0.3) is 0 Å². The molecule has 2 nitrogen and oxygen atoms in total. The van der Waals surface area contributed by atoms with Crippen LogP contribution in [-0.4, -0.2) is 4.98 Å². The zero-order valence-corrected chi connectivity index (χ0v) is 9.80. The topological polar surface area (TPSA) is 38.9 Å². The van der Waals surface area contributed by atoms with Crippen molar-refractivity contribution < 1.29 is 4.39 Å². The third-order valence-electron chi connectivity index (χ3n) is 2.40. The molecule has 1 aromatic carbocycles. The zero-order chi connectivity index (χ0) is 11.5. The summed E-state index contributed by atoms with van der Waals surface area (Å²) >= 11 is 1.56. The minimum Gasteiger partial charge on any atom is -0.323 e. The van der Waals surface area contributed by atoms with Gasteiger partial charge >= 0.3 is 0 Å². The Kier molecular flexibility index (Phi) is 3.31. The third kappa shape index (κ3) is 2.46. The highest BCUT2D eigenvalue weighted by Gasteiger charge is 2.12. The van der Waals surface area contributed by atoms with E-state index in [1.807, 2.05) is 13.0 Å². The molecule has 2 N–H and O–H groups in total. The Morgan fingerprint density at radius 3 is 2.81 bits per heavy atom. The molecule has 2 aromatic rings.